The molecule has 3 aromatic carbocycles. The van der Waals surface area contributed by atoms with E-state index >= 15 is 0 Å². The van der Waals surface area contributed by atoms with Gasteiger partial charge in [-0.2, -0.15) is 0 Å². The second-order valence-electron chi connectivity index (χ2n) is 8.51. The molecule has 0 radical (unpaired) electrons. The molecule has 4 heteroatoms. The molecule has 0 N–H and O–H groups in total. The smallest absolute Gasteiger partial charge is 0.338 e. The predicted octanol–water partition coefficient (Wildman–Crippen LogP) is 7.58. The van der Waals surface area contributed by atoms with E-state index in [4.69, 9.17) is 14.1 Å². The lowest BCUT2D eigenvalue weighted by molar-refractivity contribution is 0.0537. The molecule has 0 unspecified atom stereocenters. The average Bonchev–Trinajstić information content (AvgIpc) is 3.21. The van der Waals surface area contributed by atoms with Crippen molar-refractivity contribution in [2.24, 2.45) is 0 Å². The highest BCUT2D eigenvalue weighted by Gasteiger charge is 2.23. The van der Waals surface area contributed by atoms with Crippen molar-refractivity contribution < 1.29 is 13.9 Å². The van der Waals surface area contributed by atoms with Gasteiger partial charge in [-0.3, -0.25) is 0 Å². The summed E-state index contributed by atoms with van der Waals surface area (Å²) in [5.74, 6) is 1.09. The quantitative estimate of drug-likeness (QED) is 0.285. The van der Waals surface area contributed by atoms with Gasteiger partial charge in [0.15, 0.2) is 5.76 Å². The Labute approximate surface area is 199 Å². The Morgan fingerprint density at radius 1 is 0.765 bits per heavy atom. The highest BCUT2D eigenvalue weighted by molar-refractivity contribution is 5.89. The fraction of sp³-hybridized carbons (Fsp3) is 0.200. The van der Waals surface area contributed by atoms with Gasteiger partial charge in [-0.15, -0.1) is 0 Å². The summed E-state index contributed by atoms with van der Waals surface area (Å²) in [6.45, 7) is 0.257. The molecule has 0 fully saturated rings. The van der Waals surface area contributed by atoms with Crippen molar-refractivity contribution in [1.82, 2.24) is 4.98 Å². The van der Waals surface area contributed by atoms with Crippen LogP contribution in [-0.4, -0.2) is 17.6 Å². The van der Waals surface area contributed by atoms with Crippen LogP contribution in [0.15, 0.2) is 101 Å². The maximum absolute atomic E-state index is 12.6. The number of ether oxygens (including phenoxy) is 1. The Hall–Kier alpha value is -3.92. The van der Waals surface area contributed by atoms with Gasteiger partial charge in [-0.1, -0.05) is 85.3 Å². The Balaban J connectivity index is 1.52. The summed E-state index contributed by atoms with van der Waals surface area (Å²) in [4.78, 5) is 17.6. The van der Waals surface area contributed by atoms with Crippen LogP contribution in [0.3, 0.4) is 0 Å². The highest BCUT2D eigenvalue weighted by atomic mass is 16.5. The van der Waals surface area contributed by atoms with Gasteiger partial charge < -0.3 is 9.15 Å². The topological polar surface area (TPSA) is 52.3 Å². The number of carbonyl (C=O) groups is 1. The van der Waals surface area contributed by atoms with Crippen LogP contribution in [0.1, 0.15) is 48.4 Å². The molecule has 1 aliphatic rings. The first-order chi connectivity index (χ1) is 16.8. The first kappa shape index (κ1) is 21.9. The van der Waals surface area contributed by atoms with Crippen LogP contribution in [-0.2, 0) is 4.74 Å². The zero-order valence-electron chi connectivity index (χ0n) is 19.1. The average molecular weight is 450 g/mol. The molecule has 4 nitrogen and oxygen atoms in total. The standard InChI is InChI=1S/C30H27NO3/c32-30(24-17-9-3-10-18-24)33-21-25-19-11-4-12-20-26(25)29-31-27(22-13-5-1-6-14-22)28(34-29)23-15-7-2-8-16-23/h1-3,5-10,13-18H,4,11-12,19-21H2. The SMILES string of the molecule is O=C(OCC1=C(c2nc(-c3ccccc3)c(-c3ccccc3)o2)CCCCC1)c1ccccc1. The van der Waals surface area contributed by atoms with E-state index in [-0.39, 0.29) is 12.6 Å². The molecule has 5 rings (SSSR count). The number of benzene rings is 3. The van der Waals surface area contributed by atoms with E-state index in [9.17, 15) is 4.79 Å². The minimum absolute atomic E-state index is 0.257. The van der Waals surface area contributed by atoms with Crippen molar-refractivity contribution in [2.75, 3.05) is 6.61 Å². The third-order valence-electron chi connectivity index (χ3n) is 6.19. The Morgan fingerprint density at radius 3 is 2.09 bits per heavy atom. The lowest BCUT2D eigenvalue weighted by Gasteiger charge is -2.11. The summed E-state index contributed by atoms with van der Waals surface area (Å²) in [6, 6.07) is 29.3. The number of rotatable bonds is 6. The molecule has 1 heterocycles. The van der Waals surface area contributed by atoms with Crippen molar-refractivity contribution in [3.8, 4) is 22.6 Å². The molecule has 0 atom stereocenters. The molecule has 0 saturated heterocycles. The molecular weight excluding hydrogens is 422 g/mol. The first-order valence-corrected chi connectivity index (χ1v) is 11.8. The van der Waals surface area contributed by atoms with Gasteiger partial charge in [0, 0.05) is 16.7 Å². The van der Waals surface area contributed by atoms with Crippen LogP contribution in [0.2, 0.25) is 0 Å². The number of hydrogen-bond acceptors (Lipinski definition) is 4. The Kier molecular flexibility index (Phi) is 6.66. The molecule has 0 spiro atoms. The van der Waals surface area contributed by atoms with Crippen LogP contribution < -0.4 is 0 Å². The molecule has 34 heavy (non-hydrogen) atoms. The molecule has 0 bridgehead atoms. The number of allylic oxidation sites excluding steroid dienone is 1. The van der Waals surface area contributed by atoms with E-state index in [1.165, 1.54) is 0 Å². The van der Waals surface area contributed by atoms with Gasteiger partial charge in [0.1, 0.15) is 12.3 Å². The lowest BCUT2D eigenvalue weighted by Crippen LogP contribution is -2.09. The van der Waals surface area contributed by atoms with E-state index in [0.29, 0.717) is 11.5 Å². The molecular formula is C30H27NO3. The minimum atomic E-state index is -0.306. The molecule has 1 aromatic heterocycles. The van der Waals surface area contributed by atoms with Crippen molar-refractivity contribution in [3.63, 3.8) is 0 Å². The fourth-order valence-corrected chi connectivity index (χ4v) is 4.40. The first-order valence-electron chi connectivity index (χ1n) is 11.8. The zero-order chi connectivity index (χ0) is 23.2. The maximum Gasteiger partial charge on any atom is 0.338 e. The van der Waals surface area contributed by atoms with Crippen LogP contribution in [0.4, 0.5) is 0 Å². The largest absolute Gasteiger partial charge is 0.458 e. The molecule has 4 aromatic rings. The van der Waals surface area contributed by atoms with Gasteiger partial charge in [0.2, 0.25) is 5.89 Å². The summed E-state index contributed by atoms with van der Waals surface area (Å²) in [7, 11) is 0. The summed E-state index contributed by atoms with van der Waals surface area (Å²) < 4.78 is 12.2. The van der Waals surface area contributed by atoms with Crippen LogP contribution in [0, 0.1) is 0 Å². The third-order valence-corrected chi connectivity index (χ3v) is 6.19. The number of esters is 1. The highest BCUT2D eigenvalue weighted by Crippen LogP contribution is 2.38. The number of carbonyl (C=O) groups excluding carboxylic acids is 1. The number of aromatic nitrogens is 1. The van der Waals surface area contributed by atoms with Crippen molar-refractivity contribution in [3.05, 3.63) is 108 Å². The summed E-state index contributed by atoms with van der Waals surface area (Å²) in [6.07, 6.45) is 5.01. The van der Waals surface area contributed by atoms with E-state index in [2.05, 4.69) is 12.1 Å². The van der Waals surface area contributed by atoms with Crippen molar-refractivity contribution in [2.45, 2.75) is 32.1 Å². The number of nitrogens with zero attached hydrogens (tertiary/aromatic N) is 1. The van der Waals surface area contributed by atoms with E-state index < -0.39 is 0 Å². The number of oxazole rings is 1. The normalized spacial score (nSPS) is 14.0. The van der Waals surface area contributed by atoms with Crippen molar-refractivity contribution in [1.29, 1.82) is 0 Å². The fourth-order valence-electron chi connectivity index (χ4n) is 4.40. The maximum atomic E-state index is 12.6. The Morgan fingerprint density at radius 2 is 1.38 bits per heavy atom. The van der Waals surface area contributed by atoms with Gasteiger partial charge in [-0.25, -0.2) is 9.78 Å². The molecule has 0 saturated carbocycles. The van der Waals surface area contributed by atoms with E-state index in [1.807, 2.05) is 66.7 Å². The van der Waals surface area contributed by atoms with Gasteiger partial charge in [0.25, 0.3) is 0 Å². The van der Waals surface area contributed by atoms with Gasteiger partial charge >= 0.3 is 5.97 Å². The Bertz CT molecular complexity index is 1220. The second kappa shape index (κ2) is 10.3. The van der Waals surface area contributed by atoms with Gasteiger partial charge in [0.05, 0.1) is 5.56 Å². The third kappa shape index (κ3) is 4.86. The summed E-state index contributed by atoms with van der Waals surface area (Å²) in [5, 5.41) is 0. The minimum Gasteiger partial charge on any atom is -0.458 e. The zero-order valence-corrected chi connectivity index (χ0v) is 19.1. The molecule has 0 amide bonds. The molecule has 170 valence electrons. The number of hydrogen-bond donors (Lipinski definition) is 0. The van der Waals surface area contributed by atoms with Crippen molar-refractivity contribution >= 4 is 11.5 Å². The van der Waals surface area contributed by atoms with Crippen LogP contribution >= 0.6 is 0 Å². The monoisotopic (exact) mass is 449 g/mol. The van der Waals surface area contributed by atoms with Crippen LogP contribution in [0.5, 0.6) is 0 Å². The second-order valence-corrected chi connectivity index (χ2v) is 8.51. The molecule has 1 aliphatic carbocycles. The van der Waals surface area contributed by atoms with Crippen LogP contribution in [0.25, 0.3) is 28.2 Å². The van der Waals surface area contributed by atoms with Gasteiger partial charge in [-0.05, 0) is 43.4 Å². The predicted molar refractivity (Wildman–Crippen MR) is 134 cm³/mol. The summed E-state index contributed by atoms with van der Waals surface area (Å²) >= 11 is 0. The lowest BCUT2D eigenvalue weighted by atomic mass is 10.0. The van der Waals surface area contributed by atoms with E-state index in [0.717, 1.165) is 65.8 Å². The van der Waals surface area contributed by atoms with E-state index in [1.54, 1.807) is 12.1 Å². The summed E-state index contributed by atoms with van der Waals surface area (Å²) in [5.41, 5.74) is 5.57. The molecule has 0 aliphatic heterocycles.